The number of aromatic hydroxyl groups is 1. The lowest BCUT2D eigenvalue weighted by atomic mass is 9.88. The Morgan fingerprint density at radius 2 is 1.81 bits per heavy atom. The molecule has 2 aromatic carbocycles. The van der Waals surface area contributed by atoms with E-state index in [1.165, 1.54) is 33.6 Å². The number of phenolic OH excluding ortho intramolecular Hbond substituents is 1. The van der Waals surface area contributed by atoms with Gasteiger partial charge >= 0.3 is 5.97 Å². The van der Waals surface area contributed by atoms with Gasteiger partial charge in [-0.2, -0.15) is 0 Å². The fourth-order valence-corrected chi connectivity index (χ4v) is 4.00. The lowest BCUT2D eigenvalue weighted by Gasteiger charge is -2.27. The first-order valence-electron chi connectivity index (χ1n) is 9.75. The molecule has 166 valence electrons. The zero-order valence-corrected chi connectivity index (χ0v) is 17.7. The number of nitrogens with zero attached hydrogens (tertiary/aromatic N) is 1. The third-order valence-corrected chi connectivity index (χ3v) is 5.51. The molecule has 1 amide bonds. The van der Waals surface area contributed by atoms with Gasteiger partial charge in [0.05, 0.1) is 38.4 Å². The van der Waals surface area contributed by atoms with Crippen molar-refractivity contribution in [3.8, 4) is 28.7 Å². The number of carbonyl (C=O) groups excluding carboxylic acids is 1. The van der Waals surface area contributed by atoms with Gasteiger partial charge in [-0.3, -0.25) is 4.79 Å². The summed E-state index contributed by atoms with van der Waals surface area (Å²) in [6.45, 7) is 0. The number of aromatic carboxylic acids is 1. The number of amides is 1. The van der Waals surface area contributed by atoms with Crippen LogP contribution >= 0.6 is 0 Å². The summed E-state index contributed by atoms with van der Waals surface area (Å²) in [5.74, 6) is -0.693. The zero-order chi connectivity index (χ0) is 23.0. The third kappa shape index (κ3) is 3.47. The van der Waals surface area contributed by atoms with Crippen molar-refractivity contribution in [1.82, 2.24) is 4.57 Å². The molecule has 3 aromatic rings. The van der Waals surface area contributed by atoms with Gasteiger partial charge in [-0.1, -0.05) is 6.07 Å². The van der Waals surface area contributed by atoms with Crippen LogP contribution in [0.25, 0.3) is 5.69 Å². The second-order valence-electron chi connectivity index (χ2n) is 7.25. The predicted molar refractivity (Wildman–Crippen MR) is 116 cm³/mol. The molecule has 3 N–H and O–H groups in total. The molecule has 0 bridgehead atoms. The Morgan fingerprint density at radius 3 is 2.47 bits per heavy atom. The Labute approximate surface area is 183 Å². The molecule has 32 heavy (non-hydrogen) atoms. The predicted octanol–water partition coefficient (Wildman–Crippen LogP) is 3.38. The fourth-order valence-electron chi connectivity index (χ4n) is 4.00. The maximum atomic E-state index is 12.5. The standard InChI is InChI=1S/C23H22N2O7/c1-30-13-5-6-16(18(9-13)31-2)25-11-15(23(28)29)21-22(25)14(10-20(27)24-21)12-4-7-17(26)19(8-12)32-3/h4-9,11,14,26H,10H2,1-3H3,(H,24,27)(H,28,29). The van der Waals surface area contributed by atoms with Gasteiger partial charge in [0.2, 0.25) is 5.91 Å². The molecule has 0 radical (unpaired) electrons. The van der Waals surface area contributed by atoms with Gasteiger partial charge in [0, 0.05) is 24.6 Å². The van der Waals surface area contributed by atoms with E-state index in [2.05, 4.69) is 5.32 Å². The number of phenols is 1. The van der Waals surface area contributed by atoms with Gasteiger partial charge in [-0.25, -0.2) is 4.79 Å². The summed E-state index contributed by atoms with van der Waals surface area (Å²) < 4.78 is 17.7. The number of methoxy groups -OCH3 is 3. The number of rotatable bonds is 6. The minimum atomic E-state index is -1.17. The summed E-state index contributed by atoms with van der Waals surface area (Å²) in [7, 11) is 4.49. The molecule has 9 heteroatoms. The average Bonchev–Trinajstić information content (AvgIpc) is 3.17. The molecule has 1 atom stereocenters. The van der Waals surface area contributed by atoms with Crippen molar-refractivity contribution in [1.29, 1.82) is 0 Å². The number of anilines is 1. The molecule has 1 aromatic heterocycles. The largest absolute Gasteiger partial charge is 0.504 e. The zero-order valence-electron chi connectivity index (χ0n) is 17.7. The average molecular weight is 438 g/mol. The molecule has 9 nitrogen and oxygen atoms in total. The molecule has 0 saturated heterocycles. The van der Waals surface area contributed by atoms with Crippen LogP contribution in [0.15, 0.2) is 42.6 Å². The first-order valence-corrected chi connectivity index (χ1v) is 9.75. The highest BCUT2D eigenvalue weighted by Crippen LogP contribution is 2.44. The second-order valence-corrected chi connectivity index (χ2v) is 7.25. The Balaban J connectivity index is 1.98. The van der Waals surface area contributed by atoms with E-state index < -0.39 is 11.9 Å². The van der Waals surface area contributed by atoms with Crippen LogP contribution in [0.5, 0.6) is 23.0 Å². The number of hydrogen-bond donors (Lipinski definition) is 3. The molecule has 1 aliphatic rings. The summed E-state index contributed by atoms with van der Waals surface area (Å²) in [6.07, 6.45) is 1.55. The summed E-state index contributed by atoms with van der Waals surface area (Å²) in [5.41, 5.74) is 2.05. The van der Waals surface area contributed by atoms with Gasteiger partial charge in [0.25, 0.3) is 0 Å². The van der Waals surface area contributed by atoms with Gasteiger partial charge in [0.1, 0.15) is 17.1 Å². The van der Waals surface area contributed by atoms with Crippen molar-refractivity contribution in [3.05, 3.63) is 59.4 Å². The van der Waals surface area contributed by atoms with Crippen molar-refractivity contribution in [2.45, 2.75) is 12.3 Å². The molecule has 1 unspecified atom stereocenters. The highest BCUT2D eigenvalue weighted by Gasteiger charge is 2.35. The molecular formula is C23H22N2O7. The molecule has 2 heterocycles. The number of ether oxygens (including phenoxy) is 3. The van der Waals surface area contributed by atoms with Crippen LogP contribution in [0.1, 0.15) is 34.0 Å². The second kappa shape index (κ2) is 8.18. The Morgan fingerprint density at radius 1 is 1.06 bits per heavy atom. The molecule has 0 fully saturated rings. The van der Waals surface area contributed by atoms with Gasteiger partial charge in [-0.15, -0.1) is 0 Å². The lowest BCUT2D eigenvalue weighted by molar-refractivity contribution is -0.116. The maximum absolute atomic E-state index is 12.5. The fraction of sp³-hybridized carbons (Fsp3) is 0.217. The van der Waals surface area contributed by atoms with Crippen molar-refractivity contribution in [3.63, 3.8) is 0 Å². The van der Waals surface area contributed by atoms with Crippen LogP contribution in [-0.4, -0.2) is 48.0 Å². The number of hydrogen-bond acceptors (Lipinski definition) is 6. The number of fused-ring (bicyclic) bond motifs is 1. The van der Waals surface area contributed by atoms with E-state index >= 15 is 0 Å². The number of carboxylic acid groups (broad SMARTS) is 1. The van der Waals surface area contributed by atoms with E-state index in [1.807, 2.05) is 0 Å². The van der Waals surface area contributed by atoms with E-state index in [9.17, 15) is 19.8 Å². The van der Waals surface area contributed by atoms with E-state index in [0.29, 0.717) is 28.4 Å². The molecule has 0 saturated carbocycles. The van der Waals surface area contributed by atoms with Crippen LogP contribution in [0.2, 0.25) is 0 Å². The van der Waals surface area contributed by atoms with E-state index in [4.69, 9.17) is 14.2 Å². The van der Waals surface area contributed by atoms with Crippen LogP contribution in [0.3, 0.4) is 0 Å². The Hall–Kier alpha value is -4.14. The Kier molecular flexibility index (Phi) is 5.40. The monoisotopic (exact) mass is 438 g/mol. The number of carboxylic acids is 1. The summed E-state index contributed by atoms with van der Waals surface area (Å²) in [4.78, 5) is 24.5. The smallest absolute Gasteiger partial charge is 0.339 e. The normalized spacial score (nSPS) is 15.0. The minimum Gasteiger partial charge on any atom is -0.504 e. The van der Waals surface area contributed by atoms with E-state index in [1.54, 1.807) is 34.9 Å². The maximum Gasteiger partial charge on any atom is 0.339 e. The molecule has 0 spiro atoms. The van der Waals surface area contributed by atoms with Crippen LogP contribution in [0, 0.1) is 0 Å². The molecule has 0 aliphatic carbocycles. The molecule has 1 aliphatic heterocycles. The Bertz CT molecular complexity index is 1220. The van der Waals surface area contributed by atoms with E-state index in [-0.39, 0.29) is 35.1 Å². The third-order valence-electron chi connectivity index (χ3n) is 5.51. The SMILES string of the molecule is COc1ccc(-n2cc(C(=O)O)c3c2C(c2ccc(O)c(OC)c2)CC(=O)N3)c(OC)c1. The molecule has 4 rings (SSSR count). The van der Waals surface area contributed by atoms with Crippen molar-refractivity contribution in [2.75, 3.05) is 26.6 Å². The highest BCUT2D eigenvalue weighted by atomic mass is 16.5. The van der Waals surface area contributed by atoms with E-state index in [0.717, 1.165) is 0 Å². The van der Waals surface area contributed by atoms with Crippen molar-refractivity contribution >= 4 is 17.6 Å². The highest BCUT2D eigenvalue weighted by molar-refractivity contribution is 6.04. The van der Waals surface area contributed by atoms with Crippen LogP contribution in [-0.2, 0) is 4.79 Å². The van der Waals surface area contributed by atoms with Crippen LogP contribution in [0.4, 0.5) is 5.69 Å². The molecular weight excluding hydrogens is 416 g/mol. The first kappa shape index (κ1) is 21.1. The topological polar surface area (TPSA) is 119 Å². The number of nitrogens with one attached hydrogen (secondary N) is 1. The van der Waals surface area contributed by atoms with Gasteiger partial charge in [0.15, 0.2) is 11.5 Å². The van der Waals surface area contributed by atoms with Crippen molar-refractivity contribution < 1.29 is 34.0 Å². The first-order chi connectivity index (χ1) is 15.4. The number of aromatic nitrogens is 1. The number of carbonyl (C=O) groups is 2. The number of benzene rings is 2. The minimum absolute atomic E-state index is 0.0323. The summed E-state index contributed by atoms with van der Waals surface area (Å²) in [6, 6.07) is 10.0. The quantitative estimate of drug-likeness (QED) is 0.540. The lowest BCUT2D eigenvalue weighted by Crippen LogP contribution is -2.25. The van der Waals surface area contributed by atoms with Gasteiger partial charge < -0.3 is 34.3 Å². The van der Waals surface area contributed by atoms with Crippen molar-refractivity contribution in [2.24, 2.45) is 0 Å². The summed E-state index contributed by atoms with van der Waals surface area (Å²) in [5, 5.41) is 22.5. The summed E-state index contributed by atoms with van der Waals surface area (Å²) >= 11 is 0. The van der Waals surface area contributed by atoms with Crippen LogP contribution < -0.4 is 19.5 Å². The van der Waals surface area contributed by atoms with Gasteiger partial charge in [-0.05, 0) is 29.8 Å².